The summed E-state index contributed by atoms with van der Waals surface area (Å²) < 4.78 is 1.59. The minimum atomic E-state index is -0.837. The highest BCUT2D eigenvalue weighted by Crippen LogP contribution is 2.27. The molecule has 7 nitrogen and oxygen atoms in total. The molecule has 2 amide bonds. The number of nitrogens with zero attached hydrogens (tertiary/aromatic N) is 3. The average Bonchev–Trinajstić information content (AvgIpc) is 3.25. The Hall–Kier alpha value is -3.45. The van der Waals surface area contributed by atoms with Gasteiger partial charge < -0.3 is 4.84 Å². The lowest BCUT2D eigenvalue weighted by Crippen LogP contribution is -2.33. The van der Waals surface area contributed by atoms with Gasteiger partial charge in [-0.3, -0.25) is 9.59 Å². The van der Waals surface area contributed by atoms with Crippen molar-refractivity contribution in [2.75, 3.05) is 0 Å². The molecule has 0 aliphatic carbocycles. The van der Waals surface area contributed by atoms with Crippen LogP contribution in [0, 0.1) is 0 Å². The van der Waals surface area contributed by atoms with Gasteiger partial charge in [0.15, 0.2) is 0 Å². The number of benzene rings is 2. The van der Waals surface area contributed by atoms with E-state index >= 15 is 0 Å². The van der Waals surface area contributed by atoms with Crippen LogP contribution < -0.4 is 0 Å². The maximum Gasteiger partial charge on any atom is 0.367 e. The third-order valence-electron chi connectivity index (χ3n) is 4.56. The first kappa shape index (κ1) is 18.9. The van der Waals surface area contributed by atoms with E-state index in [9.17, 15) is 14.4 Å². The number of hydrogen-bond acceptors (Lipinski definition) is 5. The van der Waals surface area contributed by atoms with Gasteiger partial charge in [-0.15, -0.1) is 0 Å². The summed E-state index contributed by atoms with van der Waals surface area (Å²) in [5.74, 6) is -2.28. The van der Waals surface area contributed by atoms with Crippen LogP contribution >= 0.6 is 11.6 Å². The van der Waals surface area contributed by atoms with E-state index in [4.69, 9.17) is 16.4 Å². The van der Waals surface area contributed by atoms with E-state index in [-0.39, 0.29) is 22.6 Å². The molecule has 146 valence electrons. The van der Waals surface area contributed by atoms with E-state index < -0.39 is 17.8 Å². The van der Waals surface area contributed by atoms with Crippen LogP contribution in [0.5, 0.6) is 0 Å². The van der Waals surface area contributed by atoms with Gasteiger partial charge in [0.2, 0.25) is 0 Å². The van der Waals surface area contributed by atoms with Crippen LogP contribution in [0.1, 0.15) is 56.5 Å². The quantitative estimate of drug-likeness (QED) is 0.608. The maximum absolute atomic E-state index is 12.8. The van der Waals surface area contributed by atoms with Crippen LogP contribution in [0.15, 0.2) is 54.7 Å². The third kappa shape index (κ3) is 3.19. The molecule has 4 rings (SSSR count). The smallest absolute Gasteiger partial charge is 0.324 e. The first-order valence-corrected chi connectivity index (χ1v) is 9.30. The molecule has 3 aromatic rings. The Morgan fingerprint density at radius 3 is 2.28 bits per heavy atom. The van der Waals surface area contributed by atoms with Gasteiger partial charge in [-0.05, 0) is 36.2 Å². The summed E-state index contributed by atoms with van der Waals surface area (Å²) in [6.45, 7) is 3.80. The molecule has 8 heteroatoms. The zero-order chi connectivity index (χ0) is 20.7. The van der Waals surface area contributed by atoms with Crippen molar-refractivity contribution in [3.63, 3.8) is 0 Å². The molecule has 1 aliphatic heterocycles. The molecule has 0 bridgehead atoms. The minimum Gasteiger partial charge on any atom is -0.324 e. The Balaban J connectivity index is 1.67. The molecule has 0 saturated carbocycles. The molecule has 0 N–H and O–H groups in total. The van der Waals surface area contributed by atoms with Gasteiger partial charge in [-0.1, -0.05) is 48.7 Å². The predicted molar refractivity (Wildman–Crippen MR) is 105 cm³/mol. The minimum absolute atomic E-state index is 0.0961. The fraction of sp³-hybridized carbons (Fsp3) is 0.143. The highest BCUT2D eigenvalue weighted by atomic mass is 35.5. The SMILES string of the molecule is CC(C)c1c(C(=O)ON2C(=O)c3ccccc3C2=O)cnn1-c1cccc(Cl)c1. The van der Waals surface area contributed by atoms with E-state index in [0.29, 0.717) is 21.5 Å². The molecule has 0 spiro atoms. The number of hydrogen-bond donors (Lipinski definition) is 0. The highest BCUT2D eigenvalue weighted by Gasteiger charge is 2.39. The second-order valence-corrected chi connectivity index (χ2v) is 7.26. The lowest BCUT2D eigenvalue weighted by Gasteiger charge is -2.15. The Bertz CT molecular complexity index is 1120. The number of imide groups is 1. The van der Waals surface area contributed by atoms with Crippen LogP contribution in [-0.2, 0) is 4.84 Å². The van der Waals surface area contributed by atoms with E-state index in [2.05, 4.69) is 5.10 Å². The number of aromatic nitrogens is 2. The first-order chi connectivity index (χ1) is 13.9. The van der Waals surface area contributed by atoms with Gasteiger partial charge in [0.1, 0.15) is 5.56 Å². The highest BCUT2D eigenvalue weighted by molar-refractivity contribution is 6.30. The summed E-state index contributed by atoms with van der Waals surface area (Å²) in [7, 11) is 0. The molecule has 1 aromatic heterocycles. The monoisotopic (exact) mass is 409 g/mol. The van der Waals surface area contributed by atoms with Crippen molar-refractivity contribution >= 4 is 29.4 Å². The Kier molecular flexibility index (Phi) is 4.68. The number of rotatable bonds is 4. The number of carbonyl (C=O) groups is 3. The number of fused-ring (bicyclic) bond motifs is 1. The standard InChI is InChI=1S/C21H16ClN3O4/c1-12(2)18-17(11-23-24(18)14-7-5-6-13(22)10-14)21(28)29-25-19(26)15-8-3-4-9-16(15)20(25)27/h3-12H,1-2H3. The molecular formula is C21H16ClN3O4. The lowest BCUT2D eigenvalue weighted by molar-refractivity contribution is -0.0585. The van der Waals surface area contributed by atoms with E-state index in [1.807, 2.05) is 19.9 Å². The zero-order valence-electron chi connectivity index (χ0n) is 15.6. The second-order valence-electron chi connectivity index (χ2n) is 6.82. The molecule has 2 aromatic carbocycles. The normalized spacial score (nSPS) is 13.2. The molecule has 0 radical (unpaired) electrons. The molecule has 0 unspecified atom stereocenters. The predicted octanol–water partition coefficient (Wildman–Crippen LogP) is 4.02. The summed E-state index contributed by atoms with van der Waals surface area (Å²) in [6, 6.07) is 13.4. The van der Waals surface area contributed by atoms with Crippen LogP contribution in [0.2, 0.25) is 5.02 Å². The first-order valence-electron chi connectivity index (χ1n) is 8.92. The number of amides is 2. The third-order valence-corrected chi connectivity index (χ3v) is 4.79. The molecular weight excluding hydrogens is 394 g/mol. The molecule has 2 heterocycles. The largest absolute Gasteiger partial charge is 0.367 e. The van der Waals surface area contributed by atoms with Crippen LogP contribution in [-0.4, -0.2) is 32.6 Å². The fourth-order valence-corrected chi connectivity index (χ4v) is 3.45. The Morgan fingerprint density at radius 2 is 1.69 bits per heavy atom. The average molecular weight is 410 g/mol. The number of hydroxylamine groups is 2. The van der Waals surface area contributed by atoms with Gasteiger partial charge in [0.05, 0.1) is 28.7 Å². The fourth-order valence-electron chi connectivity index (χ4n) is 3.27. The molecule has 0 atom stereocenters. The van der Waals surface area contributed by atoms with Crippen molar-refractivity contribution in [1.82, 2.24) is 14.8 Å². The lowest BCUT2D eigenvalue weighted by atomic mass is 10.1. The summed E-state index contributed by atoms with van der Waals surface area (Å²) in [4.78, 5) is 42.9. The van der Waals surface area contributed by atoms with Crippen molar-refractivity contribution < 1.29 is 19.2 Å². The van der Waals surface area contributed by atoms with Crippen LogP contribution in [0.25, 0.3) is 5.69 Å². The van der Waals surface area contributed by atoms with Gasteiger partial charge in [-0.2, -0.15) is 5.10 Å². The van der Waals surface area contributed by atoms with E-state index in [0.717, 1.165) is 0 Å². The second kappa shape index (κ2) is 7.18. The van der Waals surface area contributed by atoms with Crippen molar-refractivity contribution in [2.45, 2.75) is 19.8 Å². The molecule has 1 aliphatic rings. The molecule has 29 heavy (non-hydrogen) atoms. The van der Waals surface area contributed by atoms with Crippen molar-refractivity contribution in [3.8, 4) is 5.69 Å². The van der Waals surface area contributed by atoms with Crippen molar-refractivity contribution in [3.05, 3.63) is 82.1 Å². The Morgan fingerprint density at radius 1 is 1.03 bits per heavy atom. The van der Waals surface area contributed by atoms with Gasteiger partial charge >= 0.3 is 5.97 Å². The zero-order valence-corrected chi connectivity index (χ0v) is 16.4. The topological polar surface area (TPSA) is 81.5 Å². The van der Waals surface area contributed by atoms with Crippen molar-refractivity contribution in [1.29, 1.82) is 0 Å². The van der Waals surface area contributed by atoms with E-state index in [1.165, 1.54) is 18.3 Å². The van der Waals surface area contributed by atoms with E-state index in [1.54, 1.807) is 35.0 Å². The summed E-state index contributed by atoms with van der Waals surface area (Å²) in [5, 5.41) is 5.32. The number of carbonyl (C=O) groups excluding carboxylic acids is 3. The van der Waals surface area contributed by atoms with Gasteiger partial charge in [0, 0.05) is 5.02 Å². The summed E-state index contributed by atoms with van der Waals surface area (Å²) >= 11 is 6.07. The van der Waals surface area contributed by atoms with Gasteiger partial charge in [0.25, 0.3) is 11.8 Å². The van der Waals surface area contributed by atoms with Crippen molar-refractivity contribution in [2.24, 2.45) is 0 Å². The van der Waals surface area contributed by atoms with Gasteiger partial charge in [-0.25, -0.2) is 9.48 Å². The van der Waals surface area contributed by atoms with Crippen LogP contribution in [0.4, 0.5) is 0 Å². The van der Waals surface area contributed by atoms with Crippen LogP contribution in [0.3, 0.4) is 0 Å². The summed E-state index contributed by atoms with van der Waals surface area (Å²) in [5.41, 5.74) is 1.82. The molecule has 0 saturated heterocycles. The Labute approximate surface area is 171 Å². The maximum atomic E-state index is 12.8. The summed E-state index contributed by atoms with van der Waals surface area (Å²) in [6.07, 6.45) is 1.36. The number of halogens is 1. The molecule has 0 fully saturated rings.